The van der Waals surface area contributed by atoms with Gasteiger partial charge in [-0.3, -0.25) is 4.79 Å². The minimum absolute atomic E-state index is 0.0835. The van der Waals surface area contributed by atoms with Gasteiger partial charge in [-0.2, -0.15) is 0 Å². The topological polar surface area (TPSA) is 58.9 Å². The Labute approximate surface area is 122 Å². The normalized spacial score (nSPS) is 12.9. The molecule has 1 atom stereocenters. The molecule has 2 aromatic carbocycles. The van der Waals surface area contributed by atoms with Crippen LogP contribution in [0.3, 0.4) is 0 Å². The molecular weight excluding hydrogens is 323 g/mol. The number of halogens is 2. The van der Waals surface area contributed by atoms with Crippen LogP contribution in [-0.4, -0.2) is 11.5 Å². The molecule has 0 aliphatic carbocycles. The molecule has 0 aliphatic rings. The fourth-order valence-corrected chi connectivity index (χ4v) is 2.86. The number of aromatic amines is 1. The predicted octanol–water partition coefficient (Wildman–Crippen LogP) is 3.41. The number of benzene rings is 2. The quantitative estimate of drug-likeness (QED) is 0.705. The smallest absolute Gasteiger partial charge is 0.256 e. The summed E-state index contributed by atoms with van der Waals surface area (Å²) in [5, 5.41) is 2.72. The first-order valence-electron chi connectivity index (χ1n) is 6.19. The number of nitrogens with one attached hydrogen (secondary N) is 1. The second-order valence-electron chi connectivity index (χ2n) is 4.63. The van der Waals surface area contributed by atoms with Gasteiger partial charge in [0.05, 0.1) is 5.39 Å². The second-order valence-corrected chi connectivity index (χ2v) is 5.55. The van der Waals surface area contributed by atoms with E-state index in [0.29, 0.717) is 16.3 Å². The molecule has 3 aromatic rings. The van der Waals surface area contributed by atoms with E-state index in [-0.39, 0.29) is 12.1 Å². The summed E-state index contributed by atoms with van der Waals surface area (Å²) in [6, 6.07) is 8.95. The second kappa shape index (κ2) is 5.00. The van der Waals surface area contributed by atoms with E-state index in [0.717, 1.165) is 15.2 Å². The highest BCUT2D eigenvalue weighted by Gasteiger charge is 2.15. The maximum Gasteiger partial charge on any atom is 0.256 e. The molecule has 0 unspecified atom stereocenters. The summed E-state index contributed by atoms with van der Waals surface area (Å²) in [4.78, 5) is 14.7. The van der Waals surface area contributed by atoms with Crippen LogP contribution in [0.2, 0.25) is 0 Å². The Morgan fingerprint density at radius 2 is 2.05 bits per heavy atom. The van der Waals surface area contributed by atoms with E-state index in [1.807, 2.05) is 18.2 Å². The van der Waals surface area contributed by atoms with Crippen LogP contribution in [0.5, 0.6) is 0 Å². The molecule has 0 bridgehead atoms. The van der Waals surface area contributed by atoms with Gasteiger partial charge in [-0.25, -0.2) is 4.39 Å². The highest BCUT2D eigenvalue weighted by Crippen LogP contribution is 2.33. The van der Waals surface area contributed by atoms with Gasteiger partial charge in [-0.05, 0) is 46.0 Å². The highest BCUT2D eigenvalue weighted by atomic mass is 79.9. The van der Waals surface area contributed by atoms with Crippen molar-refractivity contribution in [2.24, 2.45) is 5.73 Å². The molecule has 0 radical (unpaired) electrons. The summed E-state index contributed by atoms with van der Waals surface area (Å²) in [7, 11) is 0. The van der Waals surface area contributed by atoms with Crippen LogP contribution in [0.15, 0.2) is 45.8 Å². The van der Waals surface area contributed by atoms with Gasteiger partial charge in [-0.1, -0.05) is 22.0 Å². The number of aromatic nitrogens is 1. The molecule has 1 aromatic heterocycles. The summed E-state index contributed by atoms with van der Waals surface area (Å²) >= 11 is 3.39. The van der Waals surface area contributed by atoms with Crippen molar-refractivity contribution in [3.05, 3.63) is 56.9 Å². The Kier molecular flexibility index (Phi) is 3.31. The zero-order valence-electron chi connectivity index (χ0n) is 10.5. The Balaban J connectivity index is 2.56. The van der Waals surface area contributed by atoms with E-state index >= 15 is 0 Å². The lowest BCUT2D eigenvalue weighted by molar-refractivity contribution is 0.355. The molecule has 5 heteroatoms. The standard InChI is InChI=1S/C15H12BrFN2O/c16-9-1-2-10-11(13(17)7-18)5-8-3-4-19-15(20)14(8)12(10)6-9/h1-6,13H,7,18H2,(H,19,20)/t13-/m1/s1. The third kappa shape index (κ3) is 2.03. The average molecular weight is 335 g/mol. The van der Waals surface area contributed by atoms with E-state index < -0.39 is 6.17 Å². The van der Waals surface area contributed by atoms with Crippen molar-refractivity contribution >= 4 is 37.5 Å². The number of H-pyrrole nitrogens is 1. The molecule has 0 aliphatic heterocycles. The maximum absolute atomic E-state index is 14.1. The van der Waals surface area contributed by atoms with Crippen molar-refractivity contribution in [3.8, 4) is 0 Å². The number of pyridine rings is 1. The fourth-order valence-electron chi connectivity index (χ4n) is 2.50. The molecule has 3 rings (SSSR count). The minimum atomic E-state index is -1.25. The first kappa shape index (κ1) is 13.3. The van der Waals surface area contributed by atoms with Crippen LogP contribution in [0, 0.1) is 0 Å². The van der Waals surface area contributed by atoms with Crippen LogP contribution < -0.4 is 11.3 Å². The number of alkyl halides is 1. The predicted molar refractivity (Wildman–Crippen MR) is 82.7 cm³/mol. The molecule has 20 heavy (non-hydrogen) atoms. The van der Waals surface area contributed by atoms with Crippen LogP contribution in [0.1, 0.15) is 11.7 Å². The Morgan fingerprint density at radius 1 is 1.25 bits per heavy atom. The van der Waals surface area contributed by atoms with Gasteiger partial charge >= 0.3 is 0 Å². The van der Waals surface area contributed by atoms with E-state index in [2.05, 4.69) is 20.9 Å². The van der Waals surface area contributed by atoms with Gasteiger partial charge in [0, 0.05) is 17.2 Å². The minimum Gasteiger partial charge on any atom is -0.329 e. The van der Waals surface area contributed by atoms with E-state index in [1.165, 1.54) is 0 Å². The average Bonchev–Trinajstić information content (AvgIpc) is 2.45. The van der Waals surface area contributed by atoms with Crippen LogP contribution in [0.4, 0.5) is 4.39 Å². The van der Waals surface area contributed by atoms with Crippen LogP contribution >= 0.6 is 15.9 Å². The van der Waals surface area contributed by atoms with Crippen molar-refractivity contribution in [1.82, 2.24) is 4.98 Å². The number of hydrogen-bond donors (Lipinski definition) is 2. The summed E-state index contributed by atoms with van der Waals surface area (Å²) in [6.45, 7) is -0.0835. The molecule has 3 nitrogen and oxygen atoms in total. The van der Waals surface area contributed by atoms with Gasteiger partial charge in [0.1, 0.15) is 6.17 Å². The fraction of sp³-hybridized carbons (Fsp3) is 0.133. The zero-order chi connectivity index (χ0) is 14.3. The number of rotatable bonds is 2. The van der Waals surface area contributed by atoms with E-state index in [1.54, 1.807) is 18.3 Å². The first-order chi connectivity index (χ1) is 9.61. The third-order valence-corrected chi connectivity index (χ3v) is 3.90. The molecule has 0 saturated carbocycles. The van der Waals surface area contributed by atoms with Crippen molar-refractivity contribution in [2.75, 3.05) is 6.54 Å². The van der Waals surface area contributed by atoms with Crippen molar-refractivity contribution < 1.29 is 4.39 Å². The van der Waals surface area contributed by atoms with Gasteiger partial charge in [0.15, 0.2) is 0 Å². The number of nitrogens with two attached hydrogens (primary N) is 1. The monoisotopic (exact) mass is 334 g/mol. The van der Waals surface area contributed by atoms with E-state index in [4.69, 9.17) is 5.73 Å². The molecular formula is C15H12BrFN2O. The maximum atomic E-state index is 14.1. The van der Waals surface area contributed by atoms with Gasteiger partial charge in [-0.15, -0.1) is 0 Å². The summed E-state index contributed by atoms with van der Waals surface area (Å²) in [5.41, 5.74) is 5.79. The molecule has 0 amide bonds. The third-order valence-electron chi connectivity index (χ3n) is 3.41. The van der Waals surface area contributed by atoms with Gasteiger partial charge < -0.3 is 10.7 Å². The summed E-state index contributed by atoms with van der Waals surface area (Å²) < 4.78 is 14.9. The van der Waals surface area contributed by atoms with E-state index in [9.17, 15) is 9.18 Å². The lowest BCUT2D eigenvalue weighted by atomic mass is 9.96. The van der Waals surface area contributed by atoms with Crippen molar-refractivity contribution in [1.29, 1.82) is 0 Å². The molecule has 0 spiro atoms. The largest absolute Gasteiger partial charge is 0.329 e. The zero-order valence-corrected chi connectivity index (χ0v) is 12.1. The van der Waals surface area contributed by atoms with Crippen LogP contribution in [-0.2, 0) is 0 Å². The Morgan fingerprint density at radius 3 is 2.80 bits per heavy atom. The SMILES string of the molecule is NC[C@@H](F)c1cc2cc[nH]c(=O)c2c2cc(Br)ccc12. The molecule has 102 valence electrons. The number of fused-ring (bicyclic) bond motifs is 3. The summed E-state index contributed by atoms with van der Waals surface area (Å²) in [6.07, 6.45) is 0.316. The van der Waals surface area contributed by atoms with Crippen molar-refractivity contribution in [2.45, 2.75) is 6.17 Å². The van der Waals surface area contributed by atoms with Gasteiger partial charge in [0.25, 0.3) is 5.56 Å². The lowest BCUT2D eigenvalue weighted by Crippen LogP contribution is -2.10. The molecule has 3 N–H and O–H groups in total. The molecule has 0 fully saturated rings. The first-order valence-corrected chi connectivity index (χ1v) is 6.99. The molecule has 0 saturated heterocycles. The van der Waals surface area contributed by atoms with Crippen LogP contribution in [0.25, 0.3) is 21.5 Å². The number of hydrogen-bond acceptors (Lipinski definition) is 2. The Hall–Kier alpha value is -1.72. The Bertz CT molecular complexity index is 859. The summed E-state index contributed by atoms with van der Waals surface area (Å²) in [5.74, 6) is 0. The molecule has 1 heterocycles. The van der Waals surface area contributed by atoms with Gasteiger partial charge in [0.2, 0.25) is 0 Å². The van der Waals surface area contributed by atoms with Crippen molar-refractivity contribution in [3.63, 3.8) is 0 Å². The highest BCUT2D eigenvalue weighted by molar-refractivity contribution is 9.10. The lowest BCUT2D eigenvalue weighted by Gasteiger charge is -2.12.